The number of fused-ring (bicyclic) bond motifs is 1. The van der Waals surface area contributed by atoms with Crippen LogP contribution in [0.15, 0.2) is 42.9 Å². The molecule has 4 rings (SSSR count). The minimum Gasteiger partial charge on any atom is -0.279 e. The van der Waals surface area contributed by atoms with Gasteiger partial charge in [-0.1, -0.05) is 0 Å². The number of aromatic nitrogens is 4. The quantitative estimate of drug-likeness (QED) is 0.744. The van der Waals surface area contributed by atoms with Gasteiger partial charge < -0.3 is 0 Å². The molecule has 4 heterocycles. The van der Waals surface area contributed by atoms with Crippen molar-refractivity contribution in [3.8, 4) is 5.69 Å². The van der Waals surface area contributed by atoms with E-state index in [2.05, 4.69) is 32.4 Å². The number of hydrogen-bond donors (Lipinski definition) is 0. The molecule has 0 N–H and O–H groups in total. The maximum atomic E-state index is 4.81. The summed E-state index contributed by atoms with van der Waals surface area (Å²) in [5.41, 5.74) is 2.92. The summed E-state index contributed by atoms with van der Waals surface area (Å²) < 4.78 is 2.15. The number of hydrogen-bond acceptors (Lipinski definition) is 4. The minimum absolute atomic E-state index is 0.678. The van der Waals surface area contributed by atoms with Gasteiger partial charge in [0.25, 0.3) is 0 Å². The fourth-order valence-corrected chi connectivity index (χ4v) is 4.13. The predicted molar refractivity (Wildman–Crippen MR) is 85.8 cm³/mol. The Hall–Kier alpha value is -1.88. The SMILES string of the molecule is c1cncc(-n2c(CC3CCCS3)nc3cccnc32)c1. The number of rotatable bonds is 3. The van der Waals surface area contributed by atoms with Gasteiger partial charge in [0.15, 0.2) is 5.65 Å². The first kappa shape index (κ1) is 12.8. The second kappa shape index (κ2) is 5.48. The number of imidazole rings is 1. The van der Waals surface area contributed by atoms with Gasteiger partial charge in [-0.2, -0.15) is 11.8 Å². The third kappa shape index (κ3) is 2.42. The highest BCUT2D eigenvalue weighted by molar-refractivity contribution is 8.00. The van der Waals surface area contributed by atoms with E-state index >= 15 is 0 Å². The lowest BCUT2D eigenvalue weighted by molar-refractivity contribution is 0.737. The van der Waals surface area contributed by atoms with Crippen molar-refractivity contribution in [3.63, 3.8) is 0 Å². The molecular formula is C16H16N4S. The summed E-state index contributed by atoms with van der Waals surface area (Å²) in [5, 5.41) is 0.678. The van der Waals surface area contributed by atoms with E-state index in [1.807, 2.05) is 30.6 Å². The molecule has 1 aliphatic rings. The Labute approximate surface area is 127 Å². The second-order valence-corrected chi connectivity index (χ2v) is 6.67. The van der Waals surface area contributed by atoms with Crippen LogP contribution in [0.5, 0.6) is 0 Å². The number of thioether (sulfide) groups is 1. The standard InChI is InChI=1S/C16H16N4S/c1-4-12(11-17-7-1)20-15(10-13-5-3-9-21-13)19-14-6-2-8-18-16(14)20/h1-2,4,6-8,11,13H,3,5,9-10H2. The monoisotopic (exact) mass is 296 g/mol. The van der Waals surface area contributed by atoms with Crippen LogP contribution in [0.25, 0.3) is 16.9 Å². The van der Waals surface area contributed by atoms with Crippen LogP contribution in [-0.4, -0.2) is 30.5 Å². The van der Waals surface area contributed by atoms with Crippen molar-refractivity contribution < 1.29 is 0 Å². The van der Waals surface area contributed by atoms with Crippen molar-refractivity contribution in [2.75, 3.05) is 5.75 Å². The van der Waals surface area contributed by atoms with Gasteiger partial charge in [0.05, 0.1) is 11.9 Å². The normalized spacial score (nSPS) is 18.4. The largest absolute Gasteiger partial charge is 0.279 e. The molecule has 0 radical (unpaired) electrons. The molecule has 0 amide bonds. The smallest absolute Gasteiger partial charge is 0.164 e. The lowest BCUT2D eigenvalue weighted by atomic mass is 10.2. The van der Waals surface area contributed by atoms with E-state index in [1.165, 1.54) is 18.6 Å². The molecule has 3 aromatic rings. The Morgan fingerprint density at radius 3 is 3.00 bits per heavy atom. The lowest BCUT2D eigenvalue weighted by Gasteiger charge is -2.11. The lowest BCUT2D eigenvalue weighted by Crippen LogP contribution is -2.09. The van der Waals surface area contributed by atoms with Gasteiger partial charge in [-0.3, -0.25) is 9.55 Å². The molecule has 3 aromatic heterocycles. The van der Waals surface area contributed by atoms with Crippen LogP contribution in [0.2, 0.25) is 0 Å². The molecule has 0 spiro atoms. The molecule has 0 aromatic carbocycles. The van der Waals surface area contributed by atoms with Crippen LogP contribution in [0.1, 0.15) is 18.7 Å². The molecule has 1 aliphatic heterocycles. The summed E-state index contributed by atoms with van der Waals surface area (Å²) in [5.74, 6) is 2.37. The highest BCUT2D eigenvalue weighted by Gasteiger charge is 2.21. The van der Waals surface area contributed by atoms with Gasteiger partial charge >= 0.3 is 0 Å². The molecule has 1 atom stereocenters. The zero-order chi connectivity index (χ0) is 14.1. The van der Waals surface area contributed by atoms with Crippen molar-refractivity contribution in [3.05, 3.63) is 48.7 Å². The van der Waals surface area contributed by atoms with Gasteiger partial charge in [-0.15, -0.1) is 0 Å². The van der Waals surface area contributed by atoms with E-state index < -0.39 is 0 Å². The summed E-state index contributed by atoms with van der Waals surface area (Å²) >= 11 is 2.06. The summed E-state index contributed by atoms with van der Waals surface area (Å²) in [6, 6.07) is 7.99. The van der Waals surface area contributed by atoms with Crippen molar-refractivity contribution in [1.29, 1.82) is 0 Å². The zero-order valence-corrected chi connectivity index (χ0v) is 12.5. The van der Waals surface area contributed by atoms with E-state index in [0.717, 1.165) is 29.1 Å². The van der Waals surface area contributed by atoms with E-state index in [-0.39, 0.29) is 0 Å². The van der Waals surface area contributed by atoms with Crippen molar-refractivity contribution in [1.82, 2.24) is 19.5 Å². The van der Waals surface area contributed by atoms with Crippen molar-refractivity contribution >= 4 is 22.9 Å². The second-order valence-electron chi connectivity index (χ2n) is 5.26. The molecule has 106 valence electrons. The third-order valence-electron chi connectivity index (χ3n) is 3.82. The van der Waals surface area contributed by atoms with Gasteiger partial charge in [-0.05, 0) is 42.9 Å². The van der Waals surface area contributed by atoms with E-state index in [9.17, 15) is 0 Å². The first-order chi connectivity index (χ1) is 10.4. The predicted octanol–water partition coefficient (Wildman–Crippen LogP) is 3.25. The summed E-state index contributed by atoms with van der Waals surface area (Å²) in [6.45, 7) is 0. The van der Waals surface area contributed by atoms with Crippen molar-refractivity contribution in [2.45, 2.75) is 24.5 Å². The average Bonchev–Trinajstić information content (AvgIpc) is 3.15. The van der Waals surface area contributed by atoms with E-state index in [0.29, 0.717) is 5.25 Å². The third-order valence-corrected chi connectivity index (χ3v) is 5.22. The Morgan fingerprint density at radius 2 is 2.19 bits per heavy atom. The number of pyridine rings is 2. The molecule has 5 heteroatoms. The Morgan fingerprint density at radius 1 is 1.24 bits per heavy atom. The Balaban J connectivity index is 1.84. The fraction of sp³-hybridized carbons (Fsp3) is 0.312. The fourth-order valence-electron chi connectivity index (χ4n) is 2.86. The van der Waals surface area contributed by atoms with Gasteiger partial charge in [-0.25, -0.2) is 9.97 Å². The van der Waals surface area contributed by atoms with Crippen molar-refractivity contribution in [2.24, 2.45) is 0 Å². The molecule has 0 saturated carbocycles. The molecule has 0 bridgehead atoms. The van der Waals surface area contributed by atoms with E-state index in [1.54, 1.807) is 6.20 Å². The van der Waals surface area contributed by atoms with Gasteiger partial charge in [0.1, 0.15) is 11.3 Å². The number of nitrogens with zero attached hydrogens (tertiary/aromatic N) is 4. The topological polar surface area (TPSA) is 43.6 Å². The maximum Gasteiger partial charge on any atom is 0.164 e. The molecule has 21 heavy (non-hydrogen) atoms. The Bertz CT molecular complexity index is 747. The van der Waals surface area contributed by atoms with Crippen LogP contribution >= 0.6 is 11.8 Å². The van der Waals surface area contributed by atoms with Crippen LogP contribution in [0, 0.1) is 0 Å². The zero-order valence-electron chi connectivity index (χ0n) is 11.6. The first-order valence-corrected chi connectivity index (χ1v) is 8.31. The van der Waals surface area contributed by atoms with Gasteiger partial charge in [0.2, 0.25) is 0 Å². The molecule has 4 nitrogen and oxygen atoms in total. The molecule has 1 unspecified atom stereocenters. The summed E-state index contributed by atoms with van der Waals surface area (Å²) in [6.07, 6.45) is 9.10. The van der Waals surface area contributed by atoms with Crippen LogP contribution in [0.4, 0.5) is 0 Å². The summed E-state index contributed by atoms with van der Waals surface area (Å²) in [4.78, 5) is 13.6. The summed E-state index contributed by atoms with van der Waals surface area (Å²) in [7, 11) is 0. The Kier molecular flexibility index (Phi) is 3.35. The maximum absolute atomic E-state index is 4.81. The average molecular weight is 296 g/mol. The van der Waals surface area contributed by atoms with E-state index in [4.69, 9.17) is 4.98 Å². The first-order valence-electron chi connectivity index (χ1n) is 7.26. The highest BCUT2D eigenvalue weighted by atomic mass is 32.2. The van der Waals surface area contributed by atoms with Crippen LogP contribution in [0.3, 0.4) is 0 Å². The molecule has 1 fully saturated rings. The highest BCUT2D eigenvalue weighted by Crippen LogP contribution is 2.30. The minimum atomic E-state index is 0.678. The van der Waals surface area contributed by atoms with Crippen LogP contribution < -0.4 is 0 Å². The molecule has 0 aliphatic carbocycles. The van der Waals surface area contributed by atoms with Crippen LogP contribution in [-0.2, 0) is 6.42 Å². The van der Waals surface area contributed by atoms with Gasteiger partial charge in [0, 0.05) is 24.1 Å². The molecular weight excluding hydrogens is 280 g/mol. The molecule has 1 saturated heterocycles.